The highest BCUT2D eigenvalue weighted by molar-refractivity contribution is 7.83. The van der Waals surface area contributed by atoms with Crippen LogP contribution in [0.15, 0.2) is 36.8 Å². The summed E-state index contributed by atoms with van der Waals surface area (Å²) in [5.74, 6) is -0.299. The van der Waals surface area contributed by atoms with E-state index in [1.807, 2.05) is 35.9 Å². The van der Waals surface area contributed by atoms with Gasteiger partial charge in [-0.05, 0) is 61.1 Å². The number of halogens is 1. The maximum absolute atomic E-state index is 13.6. The monoisotopic (exact) mass is 578 g/mol. The van der Waals surface area contributed by atoms with Crippen molar-refractivity contribution in [3.05, 3.63) is 73.8 Å². The van der Waals surface area contributed by atoms with Gasteiger partial charge in [-0.25, -0.2) is 9.97 Å². The molecular weight excluding hydrogens is 552 g/mol. The predicted octanol–water partition coefficient (Wildman–Crippen LogP) is 3.34. The molecule has 4 atom stereocenters. The number of carbonyl (C=O) groups excluding carboxylic acids is 1. The van der Waals surface area contributed by atoms with Gasteiger partial charge in [0.2, 0.25) is 5.78 Å². The molecule has 38 heavy (non-hydrogen) atoms. The lowest BCUT2D eigenvalue weighted by molar-refractivity contribution is 0.0697. The molecule has 1 fully saturated rings. The topological polar surface area (TPSA) is 151 Å². The third-order valence-corrected chi connectivity index (χ3v) is 8.82. The first kappa shape index (κ1) is 27.1. The number of aryl methyl sites for hydroxylation is 1. The number of thiophene rings is 1. The maximum atomic E-state index is 13.6. The van der Waals surface area contributed by atoms with Crippen LogP contribution in [0.2, 0.25) is 5.02 Å². The molecular formula is C25H27ClN4O6S2. The Hall–Kier alpha value is -2.45. The molecule has 3 aromatic rings. The van der Waals surface area contributed by atoms with Gasteiger partial charge < -0.3 is 15.2 Å². The molecule has 202 valence electrons. The molecule has 0 saturated heterocycles. The Labute approximate surface area is 229 Å². The molecule has 2 aliphatic rings. The number of aliphatic hydroxyl groups is 1. The zero-order valence-electron chi connectivity index (χ0n) is 20.4. The Morgan fingerprint density at radius 1 is 1.26 bits per heavy atom. The number of aliphatic hydroxyl groups excluding tert-OH is 1. The lowest BCUT2D eigenvalue weighted by atomic mass is 9.93. The minimum Gasteiger partial charge on any atom is -0.393 e. The van der Waals surface area contributed by atoms with E-state index in [2.05, 4.69) is 15.3 Å². The summed E-state index contributed by atoms with van der Waals surface area (Å²) in [6.07, 6.45) is 3.26. The van der Waals surface area contributed by atoms with E-state index in [1.54, 1.807) is 0 Å². The molecule has 3 heterocycles. The Bertz CT molecular complexity index is 1460. The first-order valence-corrected chi connectivity index (χ1v) is 14.7. The van der Waals surface area contributed by atoms with Crippen LogP contribution in [0, 0.1) is 12.8 Å². The van der Waals surface area contributed by atoms with Crippen LogP contribution in [0.3, 0.4) is 0 Å². The summed E-state index contributed by atoms with van der Waals surface area (Å²) in [6, 6.07) is 7.41. The fraction of sp³-hybridized carbons (Fsp3) is 0.400. The third-order valence-electron chi connectivity index (χ3n) is 6.99. The van der Waals surface area contributed by atoms with Gasteiger partial charge in [-0.15, -0.1) is 11.3 Å². The highest BCUT2D eigenvalue weighted by atomic mass is 35.5. The number of ketones is 1. The molecule has 4 N–H and O–H groups in total. The van der Waals surface area contributed by atoms with E-state index in [-0.39, 0.29) is 24.5 Å². The summed E-state index contributed by atoms with van der Waals surface area (Å²) in [6.45, 7) is 2.44. The lowest BCUT2D eigenvalue weighted by Gasteiger charge is -2.26. The average Bonchev–Trinajstić information content (AvgIpc) is 3.43. The molecule has 1 aliphatic carbocycles. The number of benzene rings is 1. The molecule has 0 radical (unpaired) electrons. The number of hydrogen-bond acceptors (Lipinski definition) is 9. The van der Waals surface area contributed by atoms with Crippen molar-refractivity contribution >= 4 is 44.8 Å². The average molecular weight is 579 g/mol. The van der Waals surface area contributed by atoms with Gasteiger partial charge in [-0.3, -0.25) is 9.35 Å². The fourth-order valence-electron chi connectivity index (χ4n) is 5.13. The van der Waals surface area contributed by atoms with Crippen molar-refractivity contribution in [3.63, 3.8) is 0 Å². The summed E-state index contributed by atoms with van der Waals surface area (Å²) in [7, 11) is -4.35. The van der Waals surface area contributed by atoms with Crippen LogP contribution in [-0.4, -0.2) is 59.1 Å². The van der Waals surface area contributed by atoms with Gasteiger partial charge >= 0.3 is 10.3 Å². The second-order valence-corrected chi connectivity index (χ2v) is 12.5. The van der Waals surface area contributed by atoms with Crippen LogP contribution in [0.1, 0.15) is 55.7 Å². The SMILES string of the molecule is Cc1sc(C(=O)c2cncnc2N[C@@H]2C[C@H](CNS(=O)(=O)O)[C@@H](O)C2)cc1[C@H]1OCCc2ccc(Cl)cc21. The first-order chi connectivity index (χ1) is 18.1. The van der Waals surface area contributed by atoms with Crippen molar-refractivity contribution in [2.45, 2.75) is 44.4 Å². The highest BCUT2D eigenvalue weighted by Gasteiger charge is 2.34. The minimum absolute atomic E-state index is 0.0947. The van der Waals surface area contributed by atoms with Gasteiger partial charge in [-0.1, -0.05) is 17.7 Å². The van der Waals surface area contributed by atoms with E-state index in [0.717, 1.165) is 22.4 Å². The molecule has 0 unspecified atom stereocenters. The summed E-state index contributed by atoms with van der Waals surface area (Å²) in [5, 5.41) is 14.2. The molecule has 1 saturated carbocycles. The molecule has 2 aromatic heterocycles. The van der Waals surface area contributed by atoms with Crippen LogP contribution in [-0.2, 0) is 21.5 Å². The molecule has 13 heteroatoms. The van der Waals surface area contributed by atoms with Crippen molar-refractivity contribution in [1.82, 2.24) is 14.7 Å². The number of carbonyl (C=O) groups is 1. The second-order valence-electron chi connectivity index (χ2n) is 9.54. The number of fused-ring (bicyclic) bond motifs is 1. The lowest BCUT2D eigenvalue weighted by Crippen LogP contribution is -2.32. The quantitative estimate of drug-likeness (QED) is 0.233. The van der Waals surface area contributed by atoms with Crippen molar-refractivity contribution in [2.24, 2.45) is 5.92 Å². The molecule has 0 spiro atoms. The second kappa shape index (κ2) is 11.0. The zero-order chi connectivity index (χ0) is 27.0. The number of anilines is 1. The number of aromatic nitrogens is 2. The third kappa shape index (κ3) is 5.91. The van der Waals surface area contributed by atoms with E-state index in [4.69, 9.17) is 20.9 Å². The normalized spacial score (nSPS) is 23.3. The Kier molecular flexibility index (Phi) is 7.83. The fourth-order valence-corrected chi connectivity index (χ4v) is 6.74. The molecule has 1 aliphatic heterocycles. The van der Waals surface area contributed by atoms with Crippen molar-refractivity contribution < 1.29 is 27.6 Å². The Morgan fingerprint density at radius 2 is 2.08 bits per heavy atom. The summed E-state index contributed by atoms with van der Waals surface area (Å²) >= 11 is 7.64. The van der Waals surface area contributed by atoms with Crippen LogP contribution >= 0.6 is 22.9 Å². The number of nitrogens with zero attached hydrogens (tertiary/aromatic N) is 2. The van der Waals surface area contributed by atoms with Crippen molar-refractivity contribution in [1.29, 1.82) is 0 Å². The maximum Gasteiger partial charge on any atom is 0.333 e. The van der Waals surface area contributed by atoms with E-state index in [0.29, 0.717) is 40.7 Å². The smallest absolute Gasteiger partial charge is 0.333 e. The number of hydrogen-bond donors (Lipinski definition) is 4. The predicted molar refractivity (Wildman–Crippen MR) is 143 cm³/mol. The van der Waals surface area contributed by atoms with E-state index < -0.39 is 22.3 Å². The summed E-state index contributed by atoms with van der Waals surface area (Å²) in [4.78, 5) is 23.4. The van der Waals surface area contributed by atoms with Crippen molar-refractivity contribution in [2.75, 3.05) is 18.5 Å². The van der Waals surface area contributed by atoms with Crippen LogP contribution in [0.4, 0.5) is 5.82 Å². The van der Waals surface area contributed by atoms with Crippen LogP contribution in [0.25, 0.3) is 0 Å². The molecule has 5 rings (SSSR count). The van der Waals surface area contributed by atoms with Gasteiger partial charge in [0.15, 0.2) is 0 Å². The zero-order valence-corrected chi connectivity index (χ0v) is 22.8. The number of nitrogens with one attached hydrogen (secondary N) is 2. The Morgan fingerprint density at radius 3 is 2.87 bits per heavy atom. The Balaban J connectivity index is 1.35. The largest absolute Gasteiger partial charge is 0.393 e. The molecule has 1 aromatic carbocycles. The van der Waals surface area contributed by atoms with Crippen molar-refractivity contribution in [3.8, 4) is 0 Å². The molecule has 0 amide bonds. The summed E-state index contributed by atoms with van der Waals surface area (Å²) in [5.41, 5.74) is 3.39. The number of rotatable bonds is 8. The molecule has 0 bridgehead atoms. The van der Waals surface area contributed by atoms with Gasteiger partial charge in [-0.2, -0.15) is 13.1 Å². The highest BCUT2D eigenvalue weighted by Crippen LogP contribution is 2.39. The van der Waals surface area contributed by atoms with E-state index in [1.165, 1.54) is 29.4 Å². The minimum atomic E-state index is -4.35. The van der Waals surface area contributed by atoms with E-state index in [9.17, 15) is 18.3 Å². The summed E-state index contributed by atoms with van der Waals surface area (Å²) < 4.78 is 39.1. The number of ether oxygens (including phenoxy) is 1. The van der Waals surface area contributed by atoms with E-state index >= 15 is 0 Å². The first-order valence-electron chi connectivity index (χ1n) is 12.1. The van der Waals surface area contributed by atoms with Crippen LogP contribution in [0.5, 0.6) is 0 Å². The van der Waals surface area contributed by atoms with Gasteiger partial charge in [0.1, 0.15) is 18.2 Å². The van der Waals surface area contributed by atoms with Gasteiger partial charge in [0, 0.05) is 34.6 Å². The standard InChI is InChI=1S/C25H27ClN4O6S2/c1-13-18(24-19-7-16(26)3-2-14(19)4-5-36-24)9-22(37-13)23(32)20-11-27-12-28-25(20)30-17-6-15(21(31)8-17)10-29-38(33,34)35/h2-3,7,9,11-12,15,17,21,24,29,31H,4-6,8,10H2,1H3,(H,27,28,30)(H,33,34,35)/t15-,17-,21+,24-/m1/s1. The molecule has 10 nitrogen and oxygen atoms in total. The van der Waals surface area contributed by atoms with Gasteiger partial charge in [0.05, 0.1) is 23.2 Å². The van der Waals surface area contributed by atoms with Gasteiger partial charge in [0.25, 0.3) is 0 Å². The van der Waals surface area contributed by atoms with Crippen LogP contribution < -0.4 is 10.0 Å².